The number of benzene rings is 2. The fourth-order valence-corrected chi connectivity index (χ4v) is 7.91. The van der Waals surface area contributed by atoms with E-state index in [1.165, 1.54) is 36.0 Å². The van der Waals surface area contributed by atoms with Crippen molar-refractivity contribution in [2.24, 2.45) is 11.3 Å². The van der Waals surface area contributed by atoms with Gasteiger partial charge >= 0.3 is 0 Å². The molecule has 2 saturated carbocycles. The maximum Gasteiger partial charge on any atom is 0.226 e. The molecule has 5 rings (SSSR count). The first-order valence-corrected chi connectivity index (χ1v) is 13.6. The molecule has 4 heteroatoms. The Kier molecular flexibility index (Phi) is 6.35. The first-order valence-electron chi connectivity index (χ1n) is 13.6. The highest BCUT2D eigenvalue weighted by Gasteiger charge is 2.55. The summed E-state index contributed by atoms with van der Waals surface area (Å²) in [5.41, 5.74) is 3.45. The van der Waals surface area contributed by atoms with Crippen molar-refractivity contribution in [1.82, 2.24) is 5.32 Å². The maximum atomic E-state index is 14.0. The Hall–Kier alpha value is -2.49. The molecule has 0 spiro atoms. The summed E-state index contributed by atoms with van der Waals surface area (Å²) in [7, 11) is 1.70. The lowest BCUT2D eigenvalue weighted by molar-refractivity contribution is -0.139. The summed E-state index contributed by atoms with van der Waals surface area (Å²) in [6.07, 6.45) is 11.0. The summed E-state index contributed by atoms with van der Waals surface area (Å²) in [6, 6.07) is 14.3. The molecule has 188 valence electrons. The summed E-state index contributed by atoms with van der Waals surface area (Å²) >= 11 is 0. The second-order valence-corrected chi connectivity index (χ2v) is 11.9. The average Bonchev–Trinajstić information content (AvgIpc) is 2.88. The Bertz CT molecular complexity index is 1070. The van der Waals surface area contributed by atoms with Gasteiger partial charge in [0.05, 0.1) is 12.5 Å². The minimum absolute atomic E-state index is 0.000530. The van der Waals surface area contributed by atoms with Crippen molar-refractivity contribution in [3.63, 3.8) is 0 Å². The molecule has 3 aliphatic rings. The molecule has 35 heavy (non-hydrogen) atoms. The summed E-state index contributed by atoms with van der Waals surface area (Å²) in [5.74, 6) is 1.71. The molecule has 2 fully saturated rings. The van der Waals surface area contributed by atoms with Gasteiger partial charge in [-0.15, -0.1) is 0 Å². The number of aromatic hydroxyl groups is 1. The van der Waals surface area contributed by atoms with Gasteiger partial charge < -0.3 is 15.2 Å². The monoisotopic (exact) mass is 475 g/mol. The van der Waals surface area contributed by atoms with Crippen molar-refractivity contribution in [3.05, 3.63) is 59.2 Å². The SMILES string of the molecule is COc1ccc(C2(CNC(=O)[C@]3(C)CCC[C@]4(C)c5cc(O)ccc5CC[C@@H]34)CCCCC2)cc1. The van der Waals surface area contributed by atoms with Crippen LogP contribution in [0.15, 0.2) is 42.5 Å². The smallest absolute Gasteiger partial charge is 0.226 e. The highest BCUT2D eigenvalue weighted by atomic mass is 16.5. The number of carbonyl (C=O) groups is 1. The third kappa shape index (κ3) is 4.13. The third-order valence-electron chi connectivity index (χ3n) is 9.96. The van der Waals surface area contributed by atoms with Gasteiger partial charge in [-0.3, -0.25) is 4.79 Å². The lowest BCUT2D eigenvalue weighted by Crippen LogP contribution is -2.56. The molecule has 0 bridgehead atoms. The van der Waals surface area contributed by atoms with E-state index in [0.29, 0.717) is 12.3 Å². The van der Waals surface area contributed by atoms with E-state index in [1.807, 2.05) is 6.07 Å². The summed E-state index contributed by atoms with van der Waals surface area (Å²) in [5, 5.41) is 13.7. The minimum atomic E-state index is -0.397. The van der Waals surface area contributed by atoms with Crippen LogP contribution in [0.5, 0.6) is 11.5 Å². The average molecular weight is 476 g/mol. The van der Waals surface area contributed by atoms with Crippen LogP contribution < -0.4 is 10.1 Å². The third-order valence-corrected chi connectivity index (χ3v) is 9.96. The van der Waals surface area contributed by atoms with Gasteiger partial charge in [0, 0.05) is 12.0 Å². The molecule has 0 aromatic heterocycles. The number of phenols is 1. The number of rotatable bonds is 5. The number of carbonyl (C=O) groups excluding carboxylic acids is 1. The molecule has 2 aromatic carbocycles. The van der Waals surface area contributed by atoms with Gasteiger partial charge in [0.25, 0.3) is 0 Å². The number of methoxy groups -OCH3 is 1. The minimum Gasteiger partial charge on any atom is -0.508 e. The molecule has 3 atom stereocenters. The fraction of sp³-hybridized carbons (Fsp3) is 0.581. The molecule has 0 radical (unpaired) electrons. The van der Waals surface area contributed by atoms with E-state index in [4.69, 9.17) is 4.74 Å². The Morgan fingerprint density at radius 2 is 1.74 bits per heavy atom. The van der Waals surface area contributed by atoms with Crippen LogP contribution in [0.2, 0.25) is 0 Å². The topological polar surface area (TPSA) is 58.6 Å². The first-order chi connectivity index (χ1) is 16.8. The maximum absolute atomic E-state index is 14.0. The number of hydrogen-bond donors (Lipinski definition) is 2. The van der Waals surface area contributed by atoms with E-state index in [2.05, 4.69) is 49.5 Å². The Morgan fingerprint density at radius 1 is 1.00 bits per heavy atom. The standard InChI is InChI=1S/C31H41NO3/c1-29-16-7-17-30(2,27(29)15-9-22-8-12-24(33)20-26(22)29)28(34)32-21-31(18-5-4-6-19-31)23-10-13-25(35-3)14-11-23/h8,10-14,20,27,33H,4-7,9,15-19,21H2,1-3H3,(H,32,34)/t27-,29-,30-/m1/s1. The van der Waals surface area contributed by atoms with Crippen molar-refractivity contribution in [3.8, 4) is 11.5 Å². The van der Waals surface area contributed by atoms with Crippen LogP contribution in [0.25, 0.3) is 0 Å². The van der Waals surface area contributed by atoms with Crippen LogP contribution in [0.4, 0.5) is 0 Å². The molecule has 2 N–H and O–H groups in total. The Morgan fingerprint density at radius 3 is 2.46 bits per heavy atom. The van der Waals surface area contributed by atoms with Gasteiger partial charge in [-0.05, 0) is 90.8 Å². The van der Waals surface area contributed by atoms with E-state index < -0.39 is 5.41 Å². The highest BCUT2D eigenvalue weighted by molar-refractivity contribution is 5.83. The molecular formula is C31H41NO3. The van der Waals surface area contributed by atoms with E-state index >= 15 is 0 Å². The first kappa shape index (κ1) is 24.2. The van der Waals surface area contributed by atoms with Crippen LogP contribution in [0, 0.1) is 11.3 Å². The molecule has 0 aliphatic heterocycles. The number of ether oxygens (including phenoxy) is 1. The van der Waals surface area contributed by atoms with Crippen LogP contribution in [-0.4, -0.2) is 24.7 Å². The molecule has 4 nitrogen and oxygen atoms in total. The number of phenolic OH excluding ortho intramolecular Hbond substituents is 1. The number of nitrogens with one attached hydrogen (secondary N) is 1. The van der Waals surface area contributed by atoms with Crippen LogP contribution >= 0.6 is 0 Å². The van der Waals surface area contributed by atoms with Gasteiger partial charge in [0.2, 0.25) is 5.91 Å². The normalized spacial score (nSPS) is 29.5. The predicted octanol–water partition coefficient (Wildman–Crippen LogP) is 6.43. The van der Waals surface area contributed by atoms with Gasteiger partial charge in [-0.1, -0.05) is 57.7 Å². The molecule has 3 aliphatic carbocycles. The number of hydrogen-bond acceptors (Lipinski definition) is 3. The largest absolute Gasteiger partial charge is 0.508 e. The van der Waals surface area contributed by atoms with Crippen molar-refractivity contribution < 1.29 is 14.6 Å². The summed E-state index contributed by atoms with van der Waals surface area (Å²) in [6.45, 7) is 5.24. The van der Waals surface area contributed by atoms with E-state index in [1.54, 1.807) is 13.2 Å². The van der Waals surface area contributed by atoms with Crippen LogP contribution in [-0.2, 0) is 22.0 Å². The Labute approximate surface area is 210 Å². The van der Waals surface area contributed by atoms with E-state index in [9.17, 15) is 9.90 Å². The molecular weight excluding hydrogens is 434 g/mol. The molecule has 0 heterocycles. The second-order valence-electron chi connectivity index (χ2n) is 11.9. The van der Waals surface area contributed by atoms with Gasteiger partial charge in [-0.25, -0.2) is 0 Å². The Balaban J connectivity index is 1.39. The van der Waals surface area contributed by atoms with E-state index in [0.717, 1.165) is 50.7 Å². The molecule has 0 saturated heterocycles. The summed E-state index contributed by atoms with van der Waals surface area (Å²) < 4.78 is 5.39. The number of aryl methyl sites for hydroxylation is 1. The summed E-state index contributed by atoms with van der Waals surface area (Å²) in [4.78, 5) is 14.0. The van der Waals surface area contributed by atoms with Gasteiger partial charge in [0.1, 0.15) is 11.5 Å². The second kappa shape index (κ2) is 9.19. The van der Waals surface area contributed by atoms with Crippen LogP contribution in [0.1, 0.15) is 88.3 Å². The van der Waals surface area contributed by atoms with Gasteiger partial charge in [-0.2, -0.15) is 0 Å². The predicted molar refractivity (Wildman–Crippen MR) is 140 cm³/mol. The zero-order valence-electron chi connectivity index (χ0n) is 21.7. The van der Waals surface area contributed by atoms with Crippen molar-refractivity contribution in [1.29, 1.82) is 0 Å². The highest BCUT2D eigenvalue weighted by Crippen LogP contribution is 2.57. The molecule has 0 unspecified atom stereocenters. The number of amides is 1. The van der Waals surface area contributed by atoms with Crippen molar-refractivity contribution >= 4 is 5.91 Å². The lowest BCUT2D eigenvalue weighted by Gasteiger charge is -2.54. The molecule has 2 aromatic rings. The van der Waals surface area contributed by atoms with Crippen molar-refractivity contribution in [2.45, 2.75) is 88.9 Å². The zero-order valence-corrected chi connectivity index (χ0v) is 21.7. The lowest BCUT2D eigenvalue weighted by atomic mass is 9.49. The number of fused-ring (bicyclic) bond motifs is 3. The molecule has 1 amide bonds. The van der Waals surface area contributed by atoms with Crippen LogP contribution in [0.3, 0.4) is 0 Å². The zero-order chi connectivity index (χ0) is 24.7. The van der Waals surface area contributed by atoms with Crippen molar-refractivity contribution in [2.75, 3.05) is 13.7 Å². The van der Waals surface area contributed by atoms with Gasteiger partial charge in [0.15, 0.2) is 0 Å². The fourth-order valence-electron chi connectivity index (χ4n) is 7.91. The quantitative estimate of drug-likeness (QED) is 0.524. The van der Waals surface area contributed by atoms with E-state index in [-0.39, 0.29) is 22.7 Å².